The third kappa shape index (κ3) is 3.04. The molecule has 0 nitrogen and oxygen atoms in total. The highest BCUT2D eigenvalue weighted by Crippen LogP contribution is 2.12. The molecule has 0 bridgehead atoms. The highest BCUT2D eigenvalue weighted by Gasteiger charge is 2.02. The Labute approximate surface area is 111 Å². The molecule has 92 valence electrons. The molecule has 0 aliphatic rings. The Bertz CT molecular complexity index is 512. The van der Waals surface area contributed by atoms with Crippen molar-refractivity contribution >= 4 is 12.7 Å². The fraction of sp³-hybridized carbons (Fsp3) is 0.294. The molecule has 18 heavy (non-hydrogen) atoms. The third-order valence-corrected chi connectivity index (χ3v) is 3.56. The van der Waals surface area contributed by atoms with Crippen molar-refractivity contribution in [1.29, 1.82) is 0 Å². The Morgan fingerprint density at radius 3 is 2.22 bits per heavy atom. The summed E-state index contributed by atoms with van der Waals surface area (Å²) in [6.45, 7) is 6.60. The van der Waals surface area contributed by atoms with E-state index in [9.17, 15) is 0 Å². The minimum absolute atomic E-state index is 1.04. The minimum atomic E-state index is 1.04. The van der Waals surface area contributed by atoms with Gasteiger partial charge in [0.15, 0.2) is 7.28 Å². The third-order valence-electron chi connectivity index (χ3n) is 3.56. The van der Waals surface area contributed by atoms with Crippen LogP contribution in [-0.2, 0) is 12.8 Å². The second kappa shape index (κ2) is 5.90. The Hall–Kier alpha value is -1.50. The Kier molecular flexibility index (Phi) is 4.25. The van der Waals surface area contributed by atoms with E-state index in [-0.39, 0.29) is 0 Å². The second-order valence-corrected chi connectivity index (χ2v) is 4.97. The molecule has 0 heterocycles. The Morgan fingerprint density at radius 1 is 0.944 bits per heavy atom. The van der Waals surface area contributed by atoms with Crippen molar-refractivity contribution in [3.8, 4) is 0 Å². The second-order valence-electron chi connectivity index (χ2n) is 4.97. The van der Waals surface area contributed by atoms with E-state index in [2.05, 4.69) is 63.1 Å². The van der Waals surface area contributed by atoms with E-state index in [4.69, 9.17) is 0 Å². The zero-order valence-electron chi connectivity index (χ0n) is 11.7. The van der Waals surface area contributed by atoms with Crippen molar-refractivity contribution in [2.24, 2.45) is 0 Å². The van der Waals surface area contributed by atoms with Gasteiger partial charge in [-0.15, -0.1) is 0 Å². The van der Waals surface area contributed by atoms with Crippen LogP contribution in [-0.4, -0.2) is 7.28 Å². The van der Waals surface area contributed by atoms with Gasteiger partial charge in [-0.1, -0.05) is 72.8 Å². The first-order valence-electron chi connectivity index (χ1n) is 6.89. The summed E-state index contributed by atoms with van der Waals surface area (Å²) in [4.78, 5) is 0. The average Bonchev–Trinajstić information content (AvgIpc) is 2.41. The lowest BCUT2D eigenvalue weighted by atomic mass is 9.70. The van der Waals surface area contributed by atoms with Crippen LogP contribution in [0, 0.1) is 6.92 Å². The maximum atomic E-state index is 2.37. The van der Waals surface area contributed by atoms with Gasteiger partial charge in [-0.25, -0.2) is 0 Å². The summed E-state index contributed by atoms with van der Waals surface area (Å²) in [6.07, 6.45) is 2.17. The van der Waals surface area contributed by atoms with E-state index in [0.29, 0.717) is 0 Å². The number of benzene rings is 2. The summed E-state index contributed by atoms with van der Waals surface area (Å²) in [6, 6.07) is 15.8. The first kappa shape index (κ1) is 12.9. The highest BCUT2D eigenvalue weighted by atomic mass is 14.0. The topological polar surface area (TPSA) is 0 Å². The fourth-order valence-electron chi connectivity index (χ4n) is 2.40. The van der Waals surface area contributed by atoms with Gasteiger partial charge in [0, 0.05) is 0 Å². The zero-order valence-corrected chi connectivity index (χ0v) is 11.7. The van der Waals surface area contributed by atoms with E-state index in [1.54, 1.807) is 0 Å². The minimum Gasteiger partial charge on any atom is -0.0849 e. The number of hydrogen-bond donors (Lipinski definition) is 0. The van der Waals surface area contributed by atoms with Gasteiger partial charge in [0.1, 0.15) is 0 Å². The summed E-state index contributed by atoms with van der Waals surface area (Å²) in [5.41, 5.74) is 7.14. The number of aryl methyl sites for hydroxylation is 2. The SMILES string of the molecule is CBc1ccc(Cc2ccc(C)cc2)cc1CC. The summed E-state index contributed by atoms with van der Waals surface area (Å²) in [5.74, 6) is 0. The maximum Gasteiger partial charge on any atom is 0.154 e. The molecule has 0 amide bonds. The quantitative estimate of drug-likeness (QED) is 0.715. The average molecular weight is 236 g/mol. The predicted octanol–water partition coefficient (Wildman–Crippen LogP) is 3.26. The van der Waals surface area contributed by atoms with Gasteiger partial charge >= 0.3 is 0 Å². The molecule has 0 spiro atoms. The van der Waals surface area contributed by atoms with Gasteiger partial charge < -0.3 is 0 Å². The summed E-state index contributed by atoms with van der Waals surface area (Å²) in [5, 5.41) is 0. The van der Waals surface area contributed by atoms with E-state index in [1.807, 2.05) is 0 Å². The smallest absolute Gasteiger partial charge is 0.0849 e. The van der Waals surface area contributed by atoms with Crippen molar-refractivity contribution in [2.75, 3.05) is 0 Å². The number of hydrogen-bond acceptors (Lipinski definition) is 0. The summed E-state index contributed by atoms with van der Waals surface area (Å²) < 4.78 is 0. The standard InChI is InChI=1S/C17H21B/c1-4-16-12-15(9-10-17(16)18-3)11-14-7-5-13(2)6-8-14/h5-10,12,18H,4,11H2,1-3H3. The van der Waals surface area contributed by atoms with Crippen LogP contribution in [0.5, 0.6) is 0 Å². The van der Waals surface area contributed by atoms with Gasteiger partial charge in [-0.2, -0.15) is 0 Å². The van der Waals surface area contributed by atoms with Crippen molar-refractivity contribution < 1.29 is 0 Å². The molecule has 2 aromatic carbocycles. The largest absolute Gasteiger partial charge is 0.154 e. The van der Waals surface area contributed by atoms with Crippen molar-refractivity contribution in [1.82, 2.24) is 0 Å². The molecule has 0 radical (unpaired) electrons. The molecule has 0 N–H and O–H groups in total. The molecule has 1 heteroatoms. The molecule has 0 saturated heterocycles. The van der Waals surface area contributed by atoms with Gasteiger partial charge in [0.2, 0.25) is 0 Å². The monoisotopic (exact) mass is 236 g/mol. The molecule has 0 aliphatic heterocycles. The molecule has 2 rings (SSSR count). The van der Waals surface area contributed by atoms with Crippen LogP contribution in [0.1, 0.15) is 29.2 Å². The van der Waals surface area contributed by atoms with Crippen LogP contribution in [0.2, 0.25) is 6.82 Å². The highest BCUT2D eigenvalue weighted by molar-refractivity contribution is 6.52. The predicted molar refractivity (Wildman–Crippen MR) is 82.5 cm³/mol. The molecular weight excluding hydrogens is 215 g/mol. The van der Waals surface area contributed by atoms with Crippen molar-refractivity contribution in [3.63, 3.8) is 0 Å². The summed E-state index contributed by atoms with van der Waals surface area (Å²) in [7, 11) is 1.13. The molecule has 0 aliphatic carbocycles. The van der Waals surface area contributed by atoms with Crippen LogP contribution < -0.4 is 5.46 Å². The molecular formula is C17H21B. The van der Waals surface area contributed by atoms with Crippen LogP contribution in [0.25, 0.3) is 0 Å². The van der Waals surface area contributed by atoms with Gasteiger partial charge in [-0.05, 0) is 30.9 Å². The molecule has 0 fully saturated rings. The molecule has 0 atom stereocenters. The maximum absolute atomic E-state index is 2.37. The van der Waals surface area contributed by atoms with E-state index >= 15 is 0 Å². The summed E-state index contributed by atoms with van der Waals surface area (Å²) >= 11 is 0. The Morgan fingerprint density at radius 2 is 1.61 bits per heavy atom. The normalized spacial score (nSPS) is 10.4. The molecule has 2 aromatic rings. The van der Waals surface area contributed by atoms with Crippen LogP contribution in [0.15, 0.2) is 42.5 Å². The molecule has 0 aromatic heterocycles. The lowest BCUT2D eigenvalue weighted by Gasteiger charge is -2.09. The first-order valence-corrected chi connectivity index (χ1v) is 6.89. The van der Waals surface area contributed by atoms with Crippen LogP contribution >= 0.6 is 0 Å². The zero-order chi connectivity index (χ0) is 13.0. The fourth-order valence-corrected chi connectivity index (χ4v) is 2.40. The lowest BCUT2D eigenvalue weighted by Crippen LogP contribution is -2.16. The van der Waals surface area contributed by atoms with Crippen LogP contribution in [0.4, 0.5) is 0 Å². The molecule has 0 unspecified atom stereocenters. The van der Waals surface area contributed by atoms with Gasteiger partial charge in [-0.3, -0.25) is 0 Å². The molecule has 0 saturated carbocycles. The van der Waals surface area contributed by atoms with Gasteiger partial charge in [0.05, 0.1) is 0 Å². The number of rotatable bonds is 4. The van der Waals surface area contributed by atoms with Crippen molar-refractivity contribution in [3.05, 3.63) is 64.7 Å². The van der Waals surface area contributed by atoms with E-state index < -0.39 is 0 Å². The van der Waals surface area contributed by atoms with Gasteiger partial charge in [0.25, 0.3) is 0 Å². The Balaban J connectivity index is 2.21. The lowest BCUT2D eigenvalue weighted by molar-refractivity contribution is 1.12. The van der Waals surface area contributed by atoms with Crippen molar-refractivity contribution in [2.45, 2.75) is 33.5 Å². The van der Waals surface area contributed by atoms with E-state index in [0.717, 1.165) is 20.1 Å². The van der Waals surface area contributed by atoms with E-state index in [1.165, 1.54) is 27.7 Å². The first-order chi connectivity index (χ1) is 8.72. The van der Waals surface area contributed by atoms with Crippen LogP contribution in [0.3, 0.4) is 0 Å².